The van der Waals surface area contributed by atoms with E-state index in [1.807, 2.05) is 0 Å². The molecule has 76 valence electrons. The van der Waals surface area contributed by atoms with E-state index in [9.17, 15) is 5.11 Å². The number of hydrogen-bond acceptors (Lipinski definition) is 1. The highest BCUT2D eigenvalue weighted by Gasteiger charge is 2.31. The molecule has 1 aliphatic carbocycles. The minimum absolute atomic E-state index is 0.148. The third-order valence-electron chi connectivity index (χ3n) is 3.07. The number of aliphatic hydroxyl groups is 1. The van der Waals surface area contributed by atoms with Crippen molar-refractivity contribution in [1.82, 2.24) is 0 Å². The van der Waals surface area contributed by atoms with Crippen molar-refractivity contribution in [3.63, 3.8) is 0 Å². The molecule has 1 N–H and O–H groups in total. The molecule has 0 fully saturated rings. The van der Waals surface area contributed by atoms with Gasteiger partial charge in [-0.05, 0) is 29.9 Å². The van der Waals surface area contributed by atoms with Crippen molar-refractivity contribution in [3.05, 3.63) is 35.4 Å². The van der Waals surface area contributed by atoms with E-state index >= 15 is 0 Å². The van der Waals surface area contributed by atoms with Crippen molar-refractivity contribution < 1.29 is 5.11 Å². The molecule has 0 spiro atoms. The SMILES string of the molecule is CC(C)CC(O)C1Cc2ccccc21. The maximum Gasteiger partial charge on any atom is 0.0614 e. The number of fused-ring (bicyclic) bond motifs is 1. The molecular formula is C13H18O. The van der Waals surface area contributed by atoms with Gasteiger partial charge in [0, 0.05) is 5.92 Å². The molecule has 1 heteroatoms. The van der Waals surface area contributed by atoms with Gasteiger partial charge in [0.05, 0.1) is 6.10 Å². The van der Waals surface area contributed by atoms with Crippen LogP contribution in [0.4, 0.5) is 0 Å². The molecule has 0 aliphatic heterocycles. The molecule has 0 saturated carbocycles. The monoisotopic (exact) mass is 190 g/mol. The van der Waals surface area contributed by atoms with Crippen LogP contribution >= 0.6 is 0 Å². The summed E-state index contributed by atoms with van der Waals surface area (Å²) in [5.74, 6) is 0.978. The summed E-state index contributed by atoms with van der Waals surface area (Å²) in [7, 11) is 0. The van der Waals surface area contributed by atoms with E-state index in [2.05, 4.69) is 38.1 Å². The Morgan fingerprint density at radius 3 is 2.71 bits per heavy atom. The van der Waals surface area contributed by atoms with Crippen LogP contribution in [0.15, 0.2) is 24.3 Å². The molecule has 1 nitrogen and oxygen atoms in total. The first-order valence-electron chi connectivity index (χ1n) is 5.44. The lowest BCUT2D eigenvalue weighted by atomic mass is 9.73. The van der Waals surface area contributed by atoms with Crippen LogP contribution in [0.2, 0.25) is 0 Å². The molecule has 14 heavy (non-hydrogen) atoms. The third kappa shape index (κ3) is 1.69. The molecule has 2 unspecified atom stereocenters. The number of rotatable bonds is 3. The van der Waals surface area contributed by atoms with Crippen LogP contribution in [0.25, 0.3) is 0 Å². The molecule has 2 atom stereocenters. The smallest absolute Gasteiger partial charge is 0.0614 e. The molecule has 1 aromatic rings. The van der Waals surface area contributed by atoms with Gasteiger partial charge in [-0.15, -0.1) is 0 Å². The van der Waals surface area contributed by atoms with Crippen LogP contribution < -0.4 is 0 Å². The molecule has 1 aromatic carbocycles. The zero-order valence-corrected chi connectivity index (χ0v) is 8.90. The van der Waals surface area contributed by atoms with E-state index in [-0.39, 0.29) is 6.10 Å². The Hall–Kier alpha value is -0.820. The Morgan fingerprint density at radius 1 is 1.36 bits per heavy atom. The van der Waals surface area contributed by atoms with Crippen molar-refractivity contribution in [2.24, 2.45) is 5.92 Å². The molecular weight excluding hydrogens is 172 g/mol. The largest absolute Gasteiger partial charge is 0.392 e. The van der Waals surface area contributed by atoms with Crippen molar-refractivity contribution >= 4 is 0 Å². The summed E-state index contributed by atoms with van der Waals surface area (Å²) in [6, 6.07) is 8.44. The van der Waals surface area contributed by atoms with Crippen LogP contribution in [0, 0.1) is 5.92 Å². The lowest BCUT2D eigenvalue weighted by Crippen LogP contribution is -2.29. The van der Waals surface area contributed by atoms with E-state index in [1.165, 1.54) is 11.1 Å². The molecule has 0 amide bonds. The summed E-state index contributed by atoms with van der Waals surface area (Å²) in [6.07, 6.45) is 1.83. The van der Waals surface area contributed by atoms with E-state index < -0.39 is 0 Å². The average Bonchev–Trinajstić information content (AvgIpc) is 2.05. The van der Waals surface area contributed by atoms with Crippen molar-refractivity contribution in [2.45, 2.75) is 38.7 Å². The topological polar surface area (TPSA) is 20.2 Å². The second kappa shape index (κ2) is 3.74. The summed E-state index contributed by atoms with van der Waals surface area (Å²) in [5, 5.41) is 9.99. The van der Waals surface area contributed by atoms with Gasteiger partial charge in [0.2, 0.25) is 0 Å². The molecule has 0 radical (unpaired) electrons. The van der Waals surface area contributed by atoms with E-state index in [0.29, 0.717) is 11.8 Å². The fourth-order valence-corrected chi connectivity index (χ4v) is 2.29. The third-order valence-corrected chi connectivity index (χ3v) is 3.07. The standard InChI is InChI=1S/C13H18O/c1-9(2)7-13(14)12-8-10-5-3-4-6-11(10)12/h3-6,9,12-14H,7-8H2,1-2H3. The number of hydrogen-bond donors (Lipinski definition) is 1. The van der Waals surface area contributed by atoms with Crippen molar-refractivity contribution in [3.8, 4) is 0 Å². The van der Waals surface area contributed by atoms with Crippen LogP contribution in [0.1, 0.15) is 37.3 Å². The Bertz CT molecular complexity index is 317. The average molecular weight is 190 g/mol. The van der Waals surface area contributed by atoms with Gasteiger partial charge in [-0.3, -0.25) is 0 Å². The number of aliphatic hydroxyl groups excluding tert-OH is 1. The van der Waals surface area contributed by atoms with Gasteiger partial charge in [-0.1, -0.05) is 38.1 Å². The Morgan fingerprint density at radius 2 is 2.07 bits per heavy atom. The first-order valence-corrected chi connectivity index (χ1v) is 5.44. The Balaban J connectivity index is 2.04. The highest BCUT2D eigenvalue weighted by molar-refractivity contribution is 5.40. The first kappa shape index (κ1) is 9.72. The predicted octanol–water partition coefficient (Wildman–Crippen LogP) is 2.73. The lowest BCUT2D eigenvalue weighted by Gasteiger charge is -2.34. The van der Waals surface area contributed by atoms with Gasteiger partial charge in [0.1, 0.15) is 0 Å². The summed E-state index contributed by atoms with van der Waals surface area (Å²) >= 11 is 0. The Kier molecular flexibility index (Phi) is 2.60. The second-order valence-corrected chi connectivity index (χ2v) is 4.71. The predicted molar refractivity (Wildman–Crippen MR) is 58.3 cm³/mol. The van der Waals surface area contributed by atoms with E-state index in [4.69, 9.17) is 0 Å². The maximum absolute atomic E-state index is 9.99. The molecule has 0 bridgehead atoms. The van der Waals surface area contributed by atoms with Crippen LogP contribution in [-0.4, -0.2) is 11.2 Å². The highest BCUT2D eigenvalue weighted by atomic mass is 16.3. The van der Waals surface area contributed by atoms with Gasteiger partial charge in [0.15, 0.2) is 0 Å². The summed E-state index contributed by atoms with van der Waals surface area (Å²) in [6.45, 7) is 4.32. The van der Waals surface area contributed by atoms with Crippen LogP contribution in [0.5, 0.6) is 0 Å². The fourth-order valence-electron chi connectivity index (χ4n) is 2.29. The second-order valence-electron chi connectivity index (χ2n) is 4.71. The van der Waals surface area contributed by atoms with Crippen molar-refractivity contribution in [2.75, 3.05) is 0 Å². The zero-order valence-electron chi connectivity index (χ0n) is 8.90. The van der Waals surface area contributed by atoms with E-state index in [1.54, 1.807) is 0 Å². The summed E-state index contributed by atoms with van der Waals surface area (Å²) in [4.78, 5) is 0. The molecule has 0 heterocycles. The molecule has 0 saturated heterocycles. The summed E-state index contributed by atoms with van der Waals surface area (Å²) < 4.78 is 0. The first-order chi connectivity index (χ1) is 6.68. The van der Waals surface area contributed by atoms with E-state index in [0.717, 1.165) is 12.8 Å². The molecule has 2 rings (SSSR count). The molecule has 1 aliphatic rings. The van der Waals surface area contributed by atoms with Gasteiger partial charge in [-0.2, -0.15) is 0 Å². The normalized spacial score (nSPS) is 21.6. The Labute approximate surface area is 85.8 Å². The van der Waals surface area contributed by atoms with Gasteiger partial charge < -0.3 is 5.11 Å². The fraction of sp³-hybridized carbons (Fsp3) is 0.538. The van der Waals surface area contributed by atoms with Crippen molar-refractivity contribution in [1.29, 1.82) is 0 Å². The van der Waals surface area contributed by atoms with Crippen LogP contribution in [0.3, 0.4) is 0 Å². The van der Waals surface area contributed by atoms with Gasteiger partial charge in [-0.25, -0.2) is 0 Å². The maximum atomic E-state index is 9.99. The summed E-state index contributed by atoms with van der Waals surface area (Å²) in [5.41, 5.74) is 2.78. The van der Waals surface area contributed by atoms with Gasteiger partial charge >= 0.3 is 0 Å². The lowest BCUT2D eigenvalue weighted by molar-refractivity contribution is 0.110. The zero-order chi connectivity index (χ0) is 10.1. The minimum atomic E-state index is -0.148. The van der Waals surface area contributed by atoms with Gasteiger partial charge in [0.25, 0.3) is 0 Å². The molecule has 0 aromatic heterocycles. The minimum Gasteiger partial charge on any atom is -0.392 e. The highest BCUT2D eigenvalue weighted by Crippen LogP contribution is 2.38. The number of benzene rings is 1. The van der Waals surface area contributed by atoms with Crippen LogP contribution in [-0.2, 0) is 6.42 Å². The quantitative estimate of drug-likeness (QED) is 0.777.